The van der Waals surface area contributed by atoms with Crippen LogP contribution in [0, 0.1) is 0 Å². The summed E-state index contributed by atoms with van der Waals surface area (Å²) in [6.45, 7) is 6.17. The number of anilines is 2. The molecule has 1 unspecified atom stereocenters. The number of hydrogen-bond donors (Lipinski definition) is 2. The molecule has 2 N–H and O–H groups in total. The summed E-state index contributed by atoms with van der Waals surface area (Å²) in [5, 5.41) is 6.65. The zero-order chi connectivity index (χ0) is 14.8. The number of rotatable bonds is 10. The Hall–Kier alpha value is -1.40. The second-order valence-electron chi connectivity index (χ2n) is 4.62. The first-order valence-corrected chi connectivity index (χ1v) is 7.09. The summed E-state index contributed by atoms with van der Waals surface area (Å²) in [5.41, 5.74) is 0. The van der Waals surface area contributed by atoms with Gasteiger partial charge in [-0.3, -0.25) is 0 Å². The molecule has 0 fully saturated rings. The van der Waals surface area contributed by atoms with Gasteiger partial charge in [0.25, 0.3) is 0 Å². The van der Waals surface area contributed by atoms with Crippen LogP contribution in [0.1, 0.15) is 32.5 Å². The molecule has 0 aliphatic heterocycles. The van der Waals surface area contributed by atoms with Crippen LogP contribution in [0.15, 0.2) is 6.07 Å². The topological polar surface area (TPSA) is 68.3 Å². The van der Waals surface area contributed by atoms with E-state index >= 15 is 0 Å². The molecule has 0 bridgehead atoms. The van der Waals surface area contributed by atoms with Gasteiger partial charge in [0.2, 0.25) is 0 Å². The van der Waals surface area contributed by atoms with E-state index in [9.17, 15) is 0 Å². The van der Waals surface area contributed by atoms with Gasteiger partial charge in [-0.15, -0.1) is 0 Å². The highest BCUT2D eigenvalue weighted by atomic mass is 16.5. The molecular weight excluding hydrogens is 256 g/mol. The minimum atomic E-state index is 0.240. The highest BCUT2D eigenvalue weighted by Crippen LogP contribution is 2.14. The Morgan fingerprint density at radius 1 is 1.15 bits per heavy atom. The third-order valence-corrected chi connectivity index (χ3v) is 2.81. The summed E-state index contributed by atoms with van der Waals surface area (Å²) < 4.78 is 10.3. The van der Waals surface area contributed by atoms with Crippen molar-refractivity contribution < 1.29 is 9.47 Å². The van der Waals surface area contributed by atoms with E-state index in [2.05, 4.69) is 34.4 Å². The van der Waals surface area contributed by atoms with Gasteiger partial charge in [0.15, 0.2) is 5.82 Å². The van der Waals surface area contributed by atoms with Gasteiger partial charge in [0, 0.05) is 26.8 Å². The molecule has 0 amide bonds. The maximum Gasteiger partial charge on any atom is 0.158 e. The molecule has 0 spiro atoms. The molecule has 1 atom stereocenters. The minimum absolute atomic E-state index is 0.240. The SMILES string of the molecule is CCCNc1cc(NC(CC)COC)nc(COC)n1. The fourth-order valence-electron chi connectivity index (χ4n) is 1.78. The molecule has 0 aliphatic rings. The van der Waals surface area contributed by atoms with Crippen LogP contribution in [0.25, 0.3) is 0 Å². The maximum atomic E-state index is 5.19. The Morgan fingerprint density at radius 3 is 2.50 bits per heavy atom. The monoisotopic (exact) mass is 282 g/mol. The van der Waals surface area contributed by atoms with Crippen molar-refractivity contribution in [3.63, 3.8) is 0 Å². The molecule has 6 heteroatoms. The van der Waals surface area contributed by atoms with Crippen LogP contribution in [-0.4, -0.2) is 43.4 Å². The molecular formula is C14H26N4O2. The van der Waals surface area contributed by atoms with Crippen molar-refractivity contribution in [2.45, 2.75) is 39.3 Å². The van der Waals surface area contributed by atoms with Gasteiger partial charge in [-0.1, -0.05) is 13.8 Å². The molecule has 1 heterocycles. The first-order valence-electron chi connectivity index (χ1n) is 7.09. The first kappa shape index (κ1) is 16.7. The van der Waals surface area contributed by atoms with Crippen molar-refractivity contribution in [1.82, 2.24) is 9.97 Å². The van der Waals surface area contributed by atoms with E-state index in [1.165, 1.54) is 0 Å². The Labute approximate surface area is 121 Å². The Balaban J connectivity index is 2.83. The molecule has 0 saturated heterocycles. The molecule has 1 aromatic rings. The van der Waals surface area contributed by atoms with Crippen LogP contribution in [0.4, 0.5) is 11.6 Å². The van der Waals surface area contributed by atoms with Gasteiger partial charge in [0.05, 0.1) is 12.6 Å². The highest BCUT2D eigenvalue weighted by molar-refractivity contribution is 5.48. The van der Waals surface area contributed by atoms with Gasteiger partial charge in [0.1, 0.15) is 18.2 Å². The number of hydrogen-bond acceptors (Lipinski definition) is 6. The third kappa shape index (κ3) is 5.71. The molecule has 0 radical (unpaired) electrons. The fourth-order valence-corrected chi connectivity index (χ4v) is 1.78. The second-order valence-corrected chi connectivity index (χ2v) is 4.62. The average molecular weight is 282 g/mol. The van der Waals surface area contributed by atoms with Crippen LogP contribution in [0.3, 0.4) is 0 Å². The van der Waals surface area contributed by atoms with Crippen LogP contribution < -0.4 is 10.6 Å². The Morgan fingerprint density at radius 2 is 1.90 bits per heavy atom. The van der Waals surface area contributed by atoms with Crippen LogP contribution in [-0.2, 0) is 16.1 Å². The van der Waals surface area contributed by atoms with Gasteiger partial charge >= 0.3 is 0 Å². The number of ether oxygens (including phenoxy) is 2. The molecule has 6 nitrogen and oxygen atoms in total. The lowest BCUT2D eigenvalue weighted by Gasteiger charge is -2.17. The first-order chi connectivity index (χ1) is 9.73. The number of methoxy groups -OCH3 is 2. The number of nitrogens with zero attached hydrogens (tertiary/aromatic N) is 2. The van der Waals surface area contributed by atoms with E-state index in [1.807, 2.05) is 6.07 Å². The quantitative estimate of drug-likeness (QED) is 0.686. The largest absolute Gasteiger partial charge is 0.383 e. The lowest BCUT2D eigenvalue weighted by atomic mass is 10.2. The highest BCUT2D eigenvalue weighted by Gasteiger charge is 2.09. The van der Waals surface area contributed by atoms with Crippen molar-refractivity contribution >= 4 is 11.6 Å². The smallest absolute Gasteiger partial charge is 0.158 e. The van der Waals surface area contributed by atoms with E-state index < -0.39 is 0 Å². The van der Waals surface area contributed by atoms with Crippen LogP contribution >= 0.6 is 0 Å². The zero-order valence-electron chi connectivity index (χ0n) is 12.9. The predicted octanol–water partition coefficient (Wildman–Crippen LogP) is 2.28. The van der Waals surface area contributed by atoms with Crippen molar-refractivity contribution in [1.29, 1.82) is 0 Å². The predicted molar refractivity (Wildman–Crippen MR) is 81.1 cm³/mol. The van der Waals surface area contributed by atoms with Crippen molar-refractivity contribution in [2.24, 2.45) is 0 Å². The van der Waals surface area contributed by atoms with E-state index in [1.54, 1.807) is 14.2 Å². The number of nitrogens with one attached hydrogen (secondary N) is 2. The summed E-state index contributed by atoms with van der Waals surface area (Å²) >= 11 is 0. The van der Waals surface area contributed by atoms with Crippen molar-refractivity contribution in [2.75, 3.05) is 38.0 Å². The number of aromatic nitrogens is 2. The van der Waals surface area contributed by atoms with Gasteiger partial charge < -0.3 is 20.1 Å². The molecule has 114 valence electrons. The summed E-state index contributed by atoms with van der Waals surface area (Å²) in [6, 6.07) is 2.16. The van der Waals surface area contributed by atoms with E-state index in [-0.39, 0.29) is 6.04 Å². The van der Waals surface area contributed by atoms with Crippen LogP contribution in [0.2, 0.25) is 0 Å². The molecule has 1 aromatic heterocycles. The van der Waals surface area contributed by atoms with Gasteiger partial charge in [-0.05, 0) is 12.8 Å². The Kier molecular flexibility index (Phi) is 7.91. The minimum Gasteiger partial charge on any atom is -0.383 e. The Bertz CT molecular complexity index is 387. The van der Waals surface area contributed by atoms with Gasteiger partial charge in [-0.25, -0.2) is 9.97 Å². The lowest BCUT2D eigenvalue weighted by Crippen LogP contribution is -2.25. The second kappa shape index (κ2) is 9.50. The molecule has 20 heavy (non-hydrogen) atoms. The third-order valence-electron chi connectivity index (χ3n) is 2.81. The lowest BCUT2D eigenvalue weighted by molar-refractivity contribution is 0.177. The summed E-state index contributed by atoms with van der Waals surface area (Å²) in [6.07, 6.45) is 2.02. The fraction of sp³-hybridized carbons (Fsp3) is 0.714. The van der Waals surface area contributed by atoms with E-state index in [0.717, 1.165) is 31.0 Å². The molecule has 0 aromatic carbocycles. The molecule has 1 rings (SSSR count). The maximum absolute atomic E-state index is 5.19. The van der Waals surface area contributed by atoms with Crippen molar-refractivity contribution in [3.05, 3.63) is 11.9 Å². The molecule has 0 aliphatic carbocycles. The van der Waals surface area contributed by atoms with E-state index in [0.29, 0.717) is 19.0 Å². The standard InChI is InChI=1S/C14H26N4O2/c1-5-7-15-12-8-13(16-11(6-2)9-19-3)18-14(17-12)10-20-4/h8,11H,5-7,9-10H2,1-4H3,(H2,15,16,17,18). The summed E-state index contributed by atoms with van der Waals surface area (Å²) in [4.78, 5) is 8.88. The average Bonchev–Trinajstić information content (AvgIpc) is 2.45. The van der Waals surface area contributed by atoms with Gasteiger partial charge in [-0.2, -0.15) is 0 Å². The normalized spacial score (nSPS) is 12.2. The van der Waals surface area contributed by atoms with E-state index in [4.69, 9.17) is 9.47 Å². The summed E-state index contributed by atoms with van der Waals surface area (Å²) in [5.74, 6) is 2.29. The molecule has 0 saturated carbocycles. The van der Waals surface area contributed by atoms with Crippen LogP contribution in [0.5, 0.6) is 0 Å². The van der Waals surface area contributed by atoms with Crippen molar-refractivity contribution in [3.8, 4) is 0 Å². The summed E-state index contributed by atoms with van der Waals surface area (Å²) in [7, 11) is 3.34. The zero-order valence-corrected chi connectivity index (χ0v) is 12.9.